The van der Waals surface area contributed by atoms with Crippen LogP contribution in [0.1, 0.15) is 116 Å². The van der Waals surface area contributed by atoms with Crippen molar-refractivity contribution in [2.45, 2.75) is 116 Å². The van der Waals surface area contributed by atoms with E-state index in [-0.39, 0.29) is 18.7 Å². The van der Waals surface area contributed by atoms with Crippen LogP contribution in [0.4, 0.5) is 0 Å². The number of rotatable bonds is 23. The maximum atomic E-state index is 11.4. The lowest BCUT2D eigenvalue weighted by Gasteiger charge is -2.06. The third kappa shape index (κ3) is 24.7. The normalized spacial score (nSPS) is 11.2. The van der Waals surface area contributed by atoms with Crippen LogP contribution in [0.5, 0.6) is 0 Å². The molecule has 0 aromatic rings. The Morgan fingerprint density at radius 1 is 0.733 bits per heavy atom. The first kappa shape index (κ1) is 28.6. The lowest BCUT2D eigenvalue weighted by molar-refractivity contribution is -0.125. The fourth-order valence-electron chi connectivity index (χ4n) is 3.28. The highest BCUT2D eigenvalue weighted by atomic mass is 16.5. The Labute approximate surface area is 185 Å². The number of primary amides is 1. The first-order chi connectivity index (χ1) is 14.7. The van der Waals surface area contributed by atoms with E-state index in [0.717, 1.165) is 19.4 Å². The lowest BCUT2D eigenvalue weighted by atomic mass is 10.1. The zero-order valence-electron chi connectivity index (χ0n) is 19.6. The Bertz CT molecular complexity index is 425. The standard InChI is InChI=1S/C25H48N2O3/c1-2-3-4-5-6-7-8-9-10-11-12-13-14-15-16-17-22-30-23-18-21-27-25(29)20-19-24(26)28/h9-10H,2-8,11-23H2,1H3,(H2,26,28)(H,27,29)/b10-9-. The van der Waals surface area contributed by atoms with Crippen molar-refractivity contribution in [3.63, 3.8) is 0 Å². The number of hydrogen-bond acceptors (Lipinski definition) is 3. The van der Waals surface area contributed by atoms with E-state index in [9.17, 15) is 9.59 Å². The molecule has 5 nitrogen and oxygen atoms in total. The van der Waals surface area contributed by atoms with E-state index >= 15 is 0 Å². The van der Waals surface area contributed by atoms with Gasteiger partial charge in [-0.1, -0.05) is 76.9 Å². The number of nitrogens with one attached hydrogen (secondary N) is 1. The van der Waals surface area contributed by atoms with Gasteiger partial charge in [0, 0.05) is 32.6 Å². The van der Waals surface area contributed by atoms with Gasteiger partial charge in [0.2, 0.25) is 11.8 Å². The van der Waals surface area contributed by atoms with Crippen molar-refractivity contribution in [2.75, 3.05) is 19.8 Å². The third-order valence-electron chi connectivity index (χ3n) is 5.19. The van der Waals surface area contributed by atoms with Crippen molar-refractivity contribution in [3.8, 4) is 0 Å². The van der Waals surface area contributed by atoms with E-state index in [1.165, 1.54) is 83.5 Å². The zero-order chi connectivity index (χ0) is 22.1. The Balaban J connectivity index is 3.15. The Kier molecular flexibility index (Phi) is 22.8. The molecule has 0 saturated heterocycles. The quantitative estimate of drug-likeness (QED) is 0.160. The van der Waals surface area contributed by atoms with Crippen LogP contribution in [0.3, 0.4) is 0 Å². The number of allylic oxidation sites excluding steroid dienone is 2. The van der Waals surface area contributed by atoms with Crippen molar-refractivity contribution >= 4 is 11.8 Å². The summed E-state index contributed by atoms with van der Waals surface area (Å²) in [6, 6.07) is 0. The van der Waals surface area contributed by atoms with Crippen molar-refractivity contribution in [1.82, 2.24) is 5.32 Å². The second-order valence-electron chi connectivity index (χ2n) is 8.22. The van der Waals surface area contributed by atoms with Crippen LogP contribution in [0.15, 0.2) is 12.2 Å². The minimum Gasteiger partial charge on any atom is -0.381 e. The van der Waals surface area contributed by atoms with Crippen LogP contribution >= 0.6 is 0 Å². The van der Waals surface area contributed by atoms with Crippen molar-refractivity contribution in [2.24, 2.45) is 5.73 Å². The monoisotopic (exact) mass is 424 g/mol. The molecule has 0 radical (unpaired) electrons. The largest absolute Gasteiger partial charge is 0.381 e. The second kappa shape index (κ2) is 23.9. The highest BCUT2D eigenvalue weighted by molar-refractivity contribution is 5.82. The first-order valence-electron chi connectivity index (χ1n) is 12.4. The summed E-state index contributed by atoms with van der Waals surface area (Å²) < 4.78 is 5.60. The molecule has 3 N–H and O–H groups in total. The molecular formula is C25H48N2O3. The molecule has 0 heterocycles. The average molecular weight is 425 g/mol. The molecule has 5 heteroatoms. The first-order valence-corrected chi connectivity index (χ1v) is 12.4. The molecule has 0 bridgehead atoms. The number of ether oxygens (including phenoxy) is 1. The molecule has 0 aromatic carbocycles. The van der Waals surface area contributed by atoms with Gasteiger partial charge in [-0.15, -0.1) is 0 Å². The minimum absolute atomic E-state index is 0.109. The fraction of sp³-hybridized carbons (Fsp3) is 0.840. The van der Waals surface area contributed by atoms with Gasteiger partial charge in [0.25, 0.3) is 0 Å². The molecular weight excluding hydrogens is 376 g/mol. The number of carbonyl (C=O) groups excluding carboxylic acids is 2. The smallest absolute Gasteiger partial charge is 0.220 e. The molecule has 176 valence electrons. The highest BCUT2D eigenvalue weighted by Crippen LogP contribution is 2.10. The summed E-state index contributed by atoms with van der Waals surface area (Å²) in [5, 5.41) is 2.77. The van der Waals surface area contributed by atoms with Gasteiger partial charge in [0.05, 0.1) is 0 Å². The van der Waals surface area contributed by atoms with E-state index in [0.29, 0.717) is 13.2 Å². The van der Waals surface area contributed by atoms with Gasteiger partial charge < -0.3 is 15.8 Å². The SMILES string of the molecule is CCCCCCCC/C=C\CCCCCCCCOCCCNC(=O)CCC(N)=O. The maximum Gasteiger partial charge on any atom is 0.220 e. The summed E-state index contributed by atoms with van der Waals surface area (Å²) >= 11 is 0. The van der Waals surface area contributed by atoms with Crippen LogP contribution < -0.4 is 11.1 Å². The molecule has 0 saturated carbocycles. The van der Waals surface area contributed by atoms with Gasteiger partial charge in [-0.3, -0.25) is 9.59 Å². The number of amides is 2. The Morgan fingerprint density at radius 3 is 1.87 bits per heavy atom. The van der Waals surface area contributed by atoms with Crippen LogP contribution in [-0.4, -0.2) is 31.6 Å². The Morgan fingerprint density at radius 2 is 1.27 bits per heavy atom. The summed E-state index contributed by atoms with van der Waals surface area (Å²) in [6.45, 7) is 4.33. The predicted octanol–water partition coefficient (Wildman–Crippen LogP) is 5.81. The fourth-order valence-corrected chi connectivity index (χ4v) is 3.28. The molecule has 30 heavy (non-hydrogen) atoms. The predicted molar refractivity (Wildman–Crippen MR) is 126 cm³/mol. The molecule has 0 fully saturated rings. The summed E-state index contributed by atoms with van der Waals surface area (Å²) in [5.41, 5.74) is 5.01. The zero-order valence-corrected chi connectivity index (χ0v) is 19.6. The molecule has 0 spiro atoms. The summed E-state index contributed by atoms with van der Waals surface area (Å²) in [4.78, 5) is 22.0. The van der Waals surface area contributed by atoms with Gasteiger partial charge in [0.15, 0.2) is 0 Å². The van der Waals surface area contributed by atoms with E-state index in [4.69, 9.17) is 10.5 Å². The van der Waals surface area contributed by atoms with Crippen molar-refractivity contribution < 1.29 is 14.3 Å². The Hall–Kier alpha value is -1.36. The van der Waals surface area contributed by atoms with E-state index in [1.807, 2.05) is 0 Å². The number of hydrogen-bond donors (Lipinski definition) is 2. The summed E-state index contributed by atoms with van der Waals surface area (Å²) in [6.07, 6.45) is 24.2. The van der Waals surface area contributed by atoms with Crippen LogP contribution in [0.2, 0.25) is 0 Å². The second-order valence-corrected chi connectivity index (χ2v) is 8.22. The van der Waals surface area contributed by atoms with E-state index in [2.05, 4.69) is 24.4 Å². The van der Waals surface area contributed by atoms with Crippen LogP contribution in [0, 0.1) is 0 Å². The van der Waals surface area contributed by atoms with Crippen molar-refractivity contribution in [1.29, 1.82) is 0 Å². The lowest BCUT2D eigenvalue weighted by Crippen LogP contribution is -2.26. The van der Waals surface area contributed by atoms with Gasteiger partial charge in [-0.05, 0) is 38.5 Å². The van der Waals surface area contributed by atoms with Gasteiger partial charge >= 0.3 is 0 Å². The number of nitrogens with two attached hydrogens (primary N) is 1. The molecule has 0 rings (SSSR count). The van der Waals surface area contributed by atoms with E-state index < -0.39 is 5.91 Å². The van der Waals surface area contributed by atoms with Crippen molar-refractivity contribution in [3.05, 3.63) is 12.2 Å². The molecule has 0 aliphatic heterocycles. The average Bonchev–Trinajstić information content (AvgIpc) is 2.73. The molecule has 2 amide bonds. The minimum atomic E-state index is -0.441. The highest BCUT2D eigenvalue weighted by Gasteiger charge is 2.02. The topological polar surface area (TPSA) is 81.4 Å². The molecule has 0 aliphatic rings. The van der Waals surface area contributed by atoms with Gasteiger partial charge in [0.1, 0.15) is 0 Å². The maximum absolute atomic E-state index is 11.4. The van der Waals surface area contributed by atoms with Crippen LogP contribution in [0.25, 0.3) is 0 Å². The van der Waals surface area contributed by atoms with Gasteiger partial charge in [-0.25, -0.2) is 0 Å². The molecule has 0 atom stereocenters. The third-order valence-corrected chi connectivity index (χ3v) is 5.19. The van der Waals surface area contributed by atoms with Gasteiger partial charge in [-0.2, -0.15) is 0 Å². The molecule has 0 aromatic heterocycles. The molecule has 0 unspecified atom stereocenters. The molecule has 0 aliphatic carbocycles. The van der Waals surface area contributed by atoms with Crippen LogP contribution in [-0.2, 0) is 14.3 Å². The number of carbonyl (C=O) groups is 2. The van der Waals surface area contributed by atoms with E-state index in [1.54, 1.807) is 0 Å². The summed E-state index contributed by atoms with van der Waals surface area (Å²) in [5.74, 6) is -0.564. The summed E-state index contributed by atoms with van der Waals surface area (Å²) in [7, 11) is 0. The number of unbranched alkanes of at least 4 members (excludes halogenated alkanes) is 12.